The van der Waals surface area contributed by atoms with Crippen LogP contribution < -0.4 is 5.32 Å². The van der Waals surface area contributed by atoms with Crippen LogP contribution in [-0.4, -0.2) is 42.0 Å². The van der Waals surface area contributed by atoms with Crippen LogP contribution in [0.2, 0.25) is 0 Å². The van der Waals surface area contributed by atoms with Crippen LogP contribution in [0, 0.1) is 18.3 Å². The van der Waals surface area contributed by atoms with Crippen molar-refractivity contribution >= 4 is 16.7 Å². The number of aromatic nitrogens is 6. The lowest BCUT2D eigenvalue weighted by molar-refractivity contribution is 0.161. The number of nitrogens with one attached hydrogen (secondary N) is 1. The van der Waals surface area contributed by atoms with Crippen molar-refractivity contribution in [3.63, 3.8) is 0 Å². The SMILES string of the molecule is Cc1nnc2ccc3c(cc(-c4ccn(C5(CC#N)CNC5)n4)n3Cc3ccccc3)n12. The Morgan fingerprint density at radius 1 is 1.06 bits per heavy atom. The summed E-state index contributed by atoms with van der Waals surface area (Å²) < 4.78 is 6.35. The summed E-state index contributed by atoms with van der Waals surface area (Å²) in [5.41, 5.74) is 5.87. The molecule has 0 atom stereocenters. The van der Waals surface area contributed by atoms with E-state index in [0.29, 0.717) is 6.42 Å². The second-order valence-electron chi connectivity index (χ2n) is 8.45. The van der Waals surface area contributed by atoms with E-state index in [1.807, 2.05) is 36.0 Å². The Morgan fingerprint density at radius 2 is 1.91 bits per heavy atom. The van der Waals surface area contributed by atoms with E-state index in [2.05, 4.69) is 66.9 Å². The third-order valence-electron chi connectivity index (χ3n) is 6.44. The maximum absolute atomic E-state index is 9.32. The summed E-state index contributed by atoms with van der Waals surface area (Å²) in [5, 5.41) is 26.1. The van der Waals surface area contributed by atoms with Gasteiger partial charge in [0.1, 0.15) is 17.1 Å². The van der Waals surface area contributed by atoms with Gasteiger partial charge in [-0.05, 0) is 36.8 Å². The zero-order chi connectivity index (χ0) is 21.7. The van der Waals surface area contributed by atoms with Crippen LogP contribution in [0.25, 0.3) is 28.1 Å². The summed E-state index contributed by atoms with van der Waals surface area (Å²) in [4.78, 5) is 0. The van der Waals surface area contributed by atoms with Gasteiger partial charge in [-0.1, -0.05) is 30.3 Å². The van der Waals surface area contributed by atoms with Gasteiger partial charge in [0, 0.05) is 25.8 Å². The minimum absolute atomic E-state index is 0.263. The normalized spacial score (nSPS) is 15.1. The Morgan fingerprint density at radius 3 is 2.66 bits per heavy atom. The van der Waals surface area contributed by atoms with Crippen LogP contribution in [0.4, 0.5) is 0 Å². The largest absolute Gasteiger partial charge is 0.333 e. The van der Waals surface area contributed by atoms with E-state index in [4.69, 9.17) is 5.10 Å². The van der Waals surface area contributed by atoms with Crippen LogP contribution >= 0.6 is 0 Å². The topological polar surface area (TPSA) is 88.8 Å². The number of nitriles is 1. The van der Waals surface area contributed by atoms with Crippen LogP contribution in [0.1, 0.15) is 17.8 Å². The number of rotatable bonds is 5. The number of pyridine rings is 1. The molecule has 6 rings (SSSR count). The van der Waals surface area contributed by atoms with Gasteiger partial charge in [0.25, 0.3) is 0 Å². The van der Waals surface area contributed by atoms with Crippen LogP contribution in [-0.2, 0) is 12.1 Å². The molecule has 5 aromatic rings. The maximum atomic E-state index is 9.32. The van der Waals surface area contributed by atoms with Crippen molar-refractivity contribution in [2.45, 2.75) is 25.4 Å². The van der Waals surface area contributed by atoms with Gasteiger partial charge in [-0.3, -0.25) is 9.08 Å². The van der Waals surface area contributed by atoms with E-state index in [0.717, 1.165) is 53.5 Å². The first-order valence-electron chi connectivity index (χ1n) is 10.7. The van der Waals surface area contributed by atoms with E-state index in [-0.39, 0.29) is 5.54 Å². The number of nitrogens with zero attached hydrogens (tertiary/aromatic N) is 7. The zero-order valence-electron chi connectivity index (χ0n) is 17.7. The van der Waals surface area contributed by atoms with Gasteiger partial charge in [0.15, 0.2) is 5.65 Å². The molecule has 1 aliphatic heterocycles. The molecule has 1 saturated heterocycles. The highest BCUT2D eigenvalue weighted by Gasteiger charge is 2.39. The number of benzene rings is 1. The maximum Gasteiger partial charge on any atom is 0.161 e. The highest BCUT2D eigenvalue weighted by atomic mass is 15.4. The van der Waals surface area contributed by atoms with Gasteiger partial charge < -0.3 is 9.88 Å². The van der Waals surface area contributed by atoms with Crippen LogP contribution in [0.5, 0.6) is 0 Å². The summed E-state index contributed by atoms with van der Waals surface area (Å²) in [7, 11) is 0. The van der Waals surface area contributed by atoms with Gasteiger partial charge in [-0.2, -0.15) is 10.4 Å². The molecule has 0 bridgehead atoms. The molecule has 0 radical (unpaired) electrons. The summed E-state index contributed by atoms with van der Waals surface area (Å²) in [6.07, 6.45) is 2.44. The number of hydrogen-bond acceptors (Lipinski definition) is 5. The molecule has 8 heteroatoms. The van der Waals surface area contributed by atoms with Crippen LogP contribution in [0.3, 0.4) is 0 Å². The fourth-order valence-corrected chi connectivity index (χ4v) is 4.64. The molecule has 0 aliphatic carbocycles. The molecule has 0 amide bonds. The van der Waals surface area contributed by atoms with E-state index in [1.54, 1.807) is 0 Å². The Hall–Kier alpha value is -3.96. The summed E-state index contributed by atoms with van der Waals surface area (Å²) in [5.74, 6) is 0.855. The fourth-order valence-electron chi connectivity index (χ4n) is 4.64. The molecule has 1 aromatic carbocycles. The monoisotopic (exact) mass is 422 g/mol. The summed E-state index contributed by atoms with van der Waals surface area (Å²) in [6, 6.07) is 21.1. The lowest BCUT2D eigenvalue weighted by Crippen LogP contribution is -2.60. The minimum Gasteiger partial charge on any atom is -0.333 e. The number of fused-ring (bicyclic) bond motifs is 3. The van der Waals surface area contributed by atoms with Gasteiger partial charge in [-0.15, -0.1) is 10.2 Å². The van der Waals surface area contributed by atoms with Gasteiger partial charge in [0.2, 0.25) is 0 Å². The van der Waals surface area contributed by atoms with Gasteiger partial charge >= 0.3 is 0 Å². The lowest BCUT2D eigenvalue weighted by Gasteiger charge is -2.41. The van der Waals surface area contributed by atoms with Crippen molar-refractivity contribution in [1.82, 2.24) is 34.3 Å². The highest BCUT2D eigenvalue weighted by molar-refractivity contribution is 5.86. The van der Waals surface area contributed by atoms with E-state index < -0.39 is 0 Å². The van der Waals surface area contributed by atoms with Crippen LogP contribution in [0.15, 0.2) is 60.8 Å². The average molecular weight is 422 g/mol. The summed E-state index contributed by atoms with van der Waals surface area (Å²) in [6.45, 7) is 4.21. The third kappa shape index (κ3) is 2.75. The third-order valence-corrected chi connectivity index (χ3v) is 6.44. The van der Waals surface area contributed by atoms with Crippen molar-refractivity contribution in [3.05, 3.63) is 72.2 Å². The average Bonchev–Trinajstić information content (AvgIpc) is 3.49. The second-order valence-corrected chi connectivity index (χ2v) is 8.45. The van der Waals surface area contributed by atoms with E-state index in [1.165, 1.54) is 5.56 Å². The highest BCUT2D eigenvalue weighted by Crippen LogP contribution is 2.32. The molecule has 0 spiro atoms. The van der Waals surface area contributed by atoms with Gasteiger partial charge in [0.05, 0.1) is 29.2 Å². The Kier molecular flexibility index (Phi) is 4.13. The van der Waals surface area contributed by atoms with Crippen molar-refractivity contribution in [1.29, 1.82) is 5.26 Å². The first kappa shape index (κ1) is 18.8. The molecule has 8 nitrogen and oxygen atoms in total. The predicted octanol–water partition coefficient (Wildman–Crippen LogP) is 3.12. The Balaban J connectivity index is 1.54. The quantitative estimate of drug-likeness (QED) is 0.470. The molecule has 1 fully saturated rings. The first-order chi connectivity index (χ1) is 15.7. The lowest BCUT2D eigenvalue weighted by atomic mass is 9.89. The molecule has 1 N–H and O–H groups in total. The van der Waals surface area contributed by atoms with Gasteiger partial charge in [-0.25, -0.2) is 0 Å². The molecule has 1 aliphatic rings. The molecule has 158 valence electrons. The van der Waals surface area contributed by atoms with E-state index in [9.17, 15) is 5.26 Å². The fraction of sp³-hybridized carbons (Fsp3) is 0.250. The van der Waals surface area contributed by atoms with Crippen molar-refractivity contribution < 1.29 is 0 Å². The molecular formula is C24H22N8. The molecule has 0 unspecified atom stereocenters. The summed E-state index contributed by atoms with van der Waals surface area (Å²) >= 11 is 0. The van der Waals surface area contributed by atoms with Crippen molar-refractivity contribution in [2.75, 3.05) is 13.1 Å². The Bertz CT molecular complexity index is 1480. The first-order valence-corrected chi connectivity index (χ1v) is 10.7. The molecule has 4 aromatic heterocycles. The number of hydrogen-bond donors (Lipinski definition) is 1. The predicted molar refractivity (Wildman–Crippen MR) is 121 cm³/mol. The zero-order valence-corrected chi connectivity index (χ0v) is 17.7. The molecule has 0 saturated carbocycles. The minimum atomic E-state index is -0.263. The smallest absolute Gasteiger partial charge is 0.161 e. The number of aryl methyl sites for hydroxylation is 1. The molecule has 5 heterocycles. The standard InChI is InChI=1S/C24H22N8/c1-17-27-28-23-8-7-20-22(32(17)23)13-21(30(20)14-18-5-3-2-4-6-18)19-9-12-31(29-19)24(10-11-25)15-26-16-24/h2-9,12-13,26H,10,14-16H2,1H3. The van der Waals surface area contributed by atoms with E-state index >= 15 is 0 Å². The molecular weight excluding hydrogens is 400 g/mol. The second kappa shape index (κ2) is 7.04. The van der Waals surface area contributed by atoms with Crippen molar-refractivity contribution in [2.24, 2.45) is 0 Å². The van der Waals surface area contributed by atoms with Crippen molar-refractivity contribution in [3.8, 4) is 17.5 Å². The molecule has 32 heavy (non-hydrogen) atoms. The Labute approximate surface area is 184 Å².